The second kappa shape index (κ2) is 3.45. The Balaban J connectivity index is 2.63. The molecule has 14 heavy (non-hydrogen) atoms. The molecule has 2 heterocycles. The van der Waals surface area contributed by atoms with Gasteiger partial charge in [-0.3, -0.25) is 0 Å². The van der Waals surface area contributed by atoms with Gasteiger partial charge in [0.05, 0.1) is 17.0 Å². The van der Waals surface area contributed by atoms with Gasteiger partial charge in [0.1, 0.15) is 12.1 Å². The fraction of sp³-hybridized carbons (Fsp3) is 0.375. The minimum atomic E-state index is 0.0294. The normalized spacial score (nSPS) is 13.3. The first-order valence-electron chi connectivity index (χ1n) is 4.35. The van der Waals surface area contributed by atoms with Crippen molar-refractivity contribution in [3.05, 3.63) is 12.5 Å². The van der Waals surface area contributed by atoms with Crippen LogP contribution >= 0.6 is 12.6 Å². The zero-order chi connectivity index (χ0) is 10.1. The van der Waals surface area contributed by atoms with Crippen molar-refractivity contribution in [3.63, 3.8) is 0 Å². The molecule has 1 atom stereocenters. The van der Waals surface area contributed by atoms with E-state index in [0.717, 1.165) is 17.5 Å². The topological polar surface area (TPSA) is 69.6 Å². The van der Waals surface area contributed by atoms with E-state index in [-0.39, 0.29) is 5.37 Å². The molecule has 0 aliphatic carbocycles. The van der Waals surface area contributed by atoms with Crippen LogP contribution in [-0.4, -0.2) is 19.7 Å². The molecule has 2 aromatic heterocycles. The maximum atomic E-state index is 5.68. The molecule has 0 saturated heterocycles. The standard InChI is InChI=1S/C8H11N5S/c1-2-6(14)13-8-5(3-12-13)7(9)10-4-11-8/h3-4,6,14H,2H2,1H3,(H2,9,10,11). The summed E-state index contributed by atoms with van der Waals surface area (Å²) in [5.41, 5.74) is 6.42. The van der Waals surface area contributed by atoms with Gasteiger partial charge in [0.2, 0.25) is 0 Å². The van der Waals surface area contributed by atoms with E-state index >= 15 is 0 Å². The van der Waals surface area contributed by atoms with Crippen LogP contribution < -0.4 is 5.73 Å². The molecule has 2 rings (SSSR count). The molecule has 2 N–H and O–H groups in total. The molecule has 0 saturated carbocycles. The van der Waals surface area contributed by atoms with Gasteiger partial charge in [0.15, 0.2) is 5.65 Å². The Bertz CT molecular complexity index is 452. The van der Waals surface area contributed by atoms with Crippen LogP contribution in [0, 0.1) is 0 Å². The van der Waals surface area contributed by atoms with Crippen molar-refractivity contribution in [3.8, 4) is 0 Å². The van der Waals surface area contributed by atoms with Crippen LogP contribution in [0.15, 0.2) is 12.5 Å². The highest BCUT2D eigenvalue weighted by molar-refractivity contribution is 7.80. The van der Waals surface area contributed by atoms with E-state index in [2.05, 4.69) is 27.7 Å². The number of fused-ring (bicyclic) bond motifs is 1. The average Bonchev–Trinajstić information content (AvgIpc) is 2.62. The fourth-order valence-corrected chi connectivity index (χ4v) is 1.44. The average molecular weight is 209 g/mol. The van der Waals surface area contributed by atoms with Crippen molar-refractivity contribution >= 4 is 29.5 Å². The highest BCUT2D eigenvalue weighted by Crippen LogP contribution is 2.22. The third kappa shape index (κ3) is 1.31. The maximum absolute atomic E-state index is 5.68. The first kappa shape index (κ1) is 9.26. The van der Waals surface area contributed by atoms with Crippen molar-refractivity contribution in [1.82, 2.24) is 19.7 Å². The van der Waals surface area contributed by atoms with E-state index in [9.17, 15) is 0 Å². The number of anilines is 1. The van der Waals surface area contributed by atoms with E-state index in [1.165, 1.54) is 6.33 Å². The lowest BCUT2D eigenvalue weighted by Crippen LogP contribution is -2.04. The summed E-state index contributed by atoms with van der Waals surface area (Å²) in [6.07, 6.45) is 3.99. The lowest BCUT2D eigenvalue weighted by molar-refractivity contribution is 0.603. The van der Waals surface area contributed by atoms with E-state index in [4.69, 9.17) is 5.73 Å². The van der Waals surface area contributed by atoms with Crippen molar-refractivity contribution in [2.75, 3.05) is 5.73 Å². The predicted octanol–water partition coefficient (Wildman–Crippen LogP) is 1.25. The summed E-state index contributed by atoms with van der Waals surface area (Å²) >= 11 is 4.39. The molecule has 0 bridgehead atoms. The van der Waals surface area contributed by atoms with Gasteiger partial charge in [0.25, 0.3) is 0 Å². The first-order valence-corrected chi connectivity index (χ1v) is 4.87. The number of nitrogen functional groups attached to an aromatic ring is 1. The van der Waals surface area contributed by atoms with Crippen LogP contribution in [0.5, 0.6) is 0 Å². The molecular weight excluding hydrogens is 198 g/mol. The number of aromatic nitrogens is 4. The van der Waals surface area contributed by atoms with E-state index < -0.39 is 0 Å². The quantitative estimate of drug-likeness (QED) is 0.730. The molecule has 0 spiro atoms. The van der Waals surface area contributed by atoms with Crippen LogP contribution in [0.4, 0.5) is 5.82 Å². The van der Waals surface area contributed by atoms with Gasteiger partial charge in [-0.2, -0.15) is 17.7 Å². The molecule has 0 radical (unpaired) electrons. The van der Waals surface area contributed by atoms with Gasteiger partial charge < -0.3 is 5.73 Å². The maximum Gasteiger partial charge on any atom is 0.164 e. The lowest BCUT2D eigenvalue weighted by atomic mass is 10.4. The third-order valence-corrected chi connectivity index (χ3v) is 2.65. The summed E-state index contributed by atoms with van der Waals surface area (Å²) in [5, 5.41) is 4.99. The van der Waals surface area contributed by atoms with Gasteiger partial charge in [-0.15, -0.1) is 0 Å². The molecule has 0 fully saturated rings. The summed E-state index contributed by atoms with van der Waals surface area (Å²) in [6, 6.07) is 0. The molecule has 74 valence electrons. The summed E-state index contributed by atoms with van der Waals surface area (Å²) < 4.78 is 1.75. The van der Waals surface area contributed by atoms with Gasteiger partial charge in [0, 0.05) is 0 Å². The van der Waals surface area contributed by atoms with Gasteiger partial charge in [-0.1, -0.05) is 6.92 Å². The van der Waals surface area contributed by atoms with Crippen molar-refractivity contribution in [2.24, 2.45) is 0 Å². The second-order valence-electron chi connectivity index (χ2n) is 2.97. The smallest absolute Gasteiger partial charge is 0.164 e. The first-order chi connectivity index (χ1) is 6.74. The summed E-state index contributed by atoms with van der Waals surface area (Å²) in [4.78, 5) is 8.03. The summed E-state index contributed by atoms with van der Waals surface area (Å²) in [6.45, 7) is 2.04. The number of thiol groups is 1. The van der Waals surface area contributed by atoms with E-state index in [1.54, 1.807) is 10.9 Å². The Kier molecular flexibility index (Phi) is 2.28. The number of rotatable bonds is 2. The molecule has 0 aromatic carbocycles. The number of hydrogen-bond donors (Lipinski definition) is 2. The summed E-state index contributed by atoms with van der Waals surface area (Å²) in [5.74, 6) is 0.456. The highest BCUT2D eigenvalue weighted by atomic mass is 32.1. The number of nitrogens with zero attached hydrogens (tertiary/aromatic N) is 4. The monoisotopic (exact) mass is 209 g/mol. The molecule has 2 aromatic rings. The van der Waals surface area contributed by atoms with Gasteiger partial charge in [-0.05, 0) is 6.42 Å². The van der Waals surface area contributed by atoms with Crippen molar-refractivity contribution < 1.29 is 0 Å². The van der Waals surface area contributed by atoms with Crippen LogP contribution in [-0.2, 0) is 0 Å². The van der Waals surface area contributed by atoms with Crippen LogP contribution in [0.2, 0.25) is 0 Å². The Morgan fingerprint density at radius 2 is 2.36 bits per heavy atom. The van der Waals surface area contributed by atoms with Crippen molar-refractivity contribution in [2.45, 2.75) is 18.7 Å². The molecule has 6 heteroatoms. The highest BCUT2D eigenvalue weighted by Gasteiger charge is 2.11. The molecule has 5 nitrogen and oxygen atoms in total. The van der Waals surface area contributed by atoms with E-state index in [0.29, 0.717) is 5.82 Å². The fourth-order valence-electron chi connectivity index (χ4n) is 1.27. The van der Waals surface area contributed by atoms with Crippen LogP contribution in [0.1, 0.15) is 18.7 Å². The van der Waals surface area contributed by atoms with Gasteiger partial charge >= 0.3 is 0 Å². The second-order valence-corrected chi connectivity index (χ2v) is 3.57. The predicted molar refractivity (Wildman–Crippen MR) is 58.0 cm³/mol. The third-order valence-electron chi connectivity index (χ3n) is 2.07. The largest absolute Gasteiger partial charge is 0.383 e. The van der Waals surface area contributed by atoms with Crippen molar-refractivity contribution in [1.29, 1.82) is 0 Å². The zero-order valence-electron chi connectivity index (χ0n) is 7.75. The SMILES string of the molecule is CCC(S)n1ncc2c(N)ncnc21. The Morgan fingerprint density at radius 3 is 3.07 bits per heavy atom. The number of hydrogen-bond acceptors (Lipinski definition) is 5. The van der Waals surface area contributed by atoms with Gasteiger partial charge in [-0.25, -0.2) is 14.6 Å². The molecule has 0 amide bonds. The Labute approximate surface area is 86.7 Å². The molecule has 1 unspecified atom stereocenters. The lowest BCUT2D eigenvalue weighted by Gasteiger charge is -2.08. The molecule has 0 aliphatic heterocycles. The van der Waals surface area contributed by atoms with Crippen LogP contribution in [0.25, 0.3) is 11.0 Å². The summed E-state index contributed by atoms with van der Waals surface area (Å²) in [7, 11) is 0. The Hall–Kier alpha value is -1.30. The molecular formula is C8H11N5S. The Morgan fingerprint density at radius 1 is 1.57 bits per heavy atom. The van der Waals surface area contributed by atoms with E-state index in [1.807, 2.05) is 6.92 Å². The number of nitrogens with two attached hydrogens (primary N) is 1. The molecule has 0 aliphatic rings. The minimum absolute atomic E-state index is 0.0294. The van der Waals surface area contributed by atoms with Crippen LogP contribution in [0.3, 0.4) is 0 Å². The zero-order valence-corrected chi connectivity index (χ0v) is 8.65. The minimum Gasteiger partial charge on any atom is -0.383 e.